The molecule has 1 aliphatic rings. The fourth-order valence-corrected chi connectivity index (χ4v) is 2.43. The number of esters is 1. The van der Waals surface area contributed by atoms with Crippen molar-refractivity contribution >= 4 is 17.7 Å². The first-order valence-corrected chi connectivity index (χ1v) is 6.44. The Kier molecular flexibility index (Phi) is 6.03. The quantitative estimate of drug-likeness (QED) is 0.665. The Bertz CT molecular complexity index is 168. The van der Waals surface area contributed by atoms with Crippen LogP contribution in [0.25, 0.3) is 0 Å². The number of carbonyl (C=O) groups is 1. The zero-order chi connectivity index (χ0) is 10.2. The number of thioether (sulfide) groups is 1. The summed E-state index contributed by atoms with van der Waals surface area (Å²) in [4.78, 5) is 13.5. The predicted molar refractivity (Wildman–Crippen MR) is 59.6 cm³/mol. The van der Waals surface area contributed by atoms with Gasteiger partial charge in [-0.15, -0.1) is 0 Å². The Morgan fingerprint density at radius 2 is 2.29 bits per heavy atom. The molecule has 0 radical (unpaired) electrons. The monoisotopic (exact) mass is 217 g/mol. The van der Waals surface area contributed by atoms with Gasteiger partial charge in [-0.2, -0.15) is 11.8 Å². The van der Waals surface area contributed by atoms with E-state index in [9.17, 15) is 4.79 Å². The van der Waals surface area contributed by atoms with Gasteiger partial charge < -0.3 is 9.64 Å². The van der Waals surface area contributed by atoms with Gasteiger partial charge in [-0.1, -0.05) is 0 Å². The number of hydrogen-bond acceptors (Lipinski definition) is 4. The summed E-state index contributed by atoms with van der Waals surface area (Å²) in [6, 6.07) is 0. The van der Waals surface area contributed by atoms with Crippen LogP contribution in [-0.2, 0) is 9.53 Å². The van der Waals surface area contributed by atoms with Gasteiger partial charge in [0.15, 0.2) is 0 Å². The van der Waals surface area contributed by atoms with Crippen LogP contribution in [0.3, 0.4) is 0 Å². The summed E-state index contributed by atoms with van der Waals surface area (Å²) in [5, 5.41) is 0. The Morgan fingerprint density at radius 3 is 3.07 bits per heavy atom. The molecular formula is C10H19NO2S. The second-order valence-electron chi connectivity index (χ2n) is 3.36. The van der Waals surface area contributed by atoms with Crippen LogP contribution in [0.5, 0.6) is 0 Å². The largest absolute Gasteiger partial charge is 0.466 e. The fourth-order valence-electron chi connectivity index (χ4n) is 1.50. The molecule has 0 aromatic carbocycles. The first kappa shape index (κ1) is 11.9. The maximum atomic E-state index is 11.1. The Morgan fingerprint density at radius 1 is 1.43 bits per heavy atom. The summed E-state index contributed by atoms with van der Waals surface area (Å²) in [5.41, 5.74) is 0. The number of carbonyl (C=O) groups excluding carboxylic acids is 1. The Balaban J connectivity index is 2.12. The van der Waals surface area contributed by atoms with Crippen LogP contribution in [0.15, 0.2) is 0 Å². The molecule has 0 aromatic heterocycles. The molecule has 3 nitrogen and oxygen atoms in total. The molecule has 0 bridgehead atoms. The smallest absolute Gasteiger partial charge is 0.307 e. The zero-order valence-electron chi connectivity index (χ0n) is 8.83. The van der Waals surface area contributed by atoms with Gasteiger partial charge >= 0.3 is 5.97 Å². The number of nitrogens with zero attached hydrogens (tertiary/aromatic N) is 1. The van der Waals surface area contributed by atoms with Crippen LogP contribution in [0, 0.1) is 0 Å². The van der Waals surface area contributed by atoms with Crippen molar-refractivity contribution in [1.82, 2.24) is 4.90 Å². The molecule has 82 valence electrons. The van der Waals surface area contributed by atoms with Gasteiger partial charge in [0.1, 0.15) is 0 Å². The predicted octanol–water partition coefficient (Wildman–Crippen LogP) is 1.38. The van der Waals surface area contributed by atoms with Crippen molar-refractivity contribution in [3.05, 3.63) is 0 Å². The molecule has 0 aromatic rings. The van der Waals surface area contributed by atoms with Crippen molar-refractivity contribution in [2.75, 3.05) is 37.7 Å². The van der Waals surface area contributed by atoms with E-state index in [1.165, 1.54) is 17.9 Å². The van der Waals surface area contributed by atoms with Gasteiger partial charge in [0.25, 0.3) is 0 Å². The van der Waals surface area contributed by atoms with E-state index < -0.39 is 0 Å². The zero-order valence-corrected chi connectivity index (χ0v) is 9.65. The van der Waals surface area contributed by atoms with Crippen LogP contribution in [0.2, 0.25) is 0 Å². The average molecular weight is 217 g/mol. The third-order valence-corrected chi connectivity index (χ3v) is 3.30. The molecule has 14 heavy (non-hydrogen) atoms. The molecule has 1 aliphatic heterocycles. The second kappa shape index (κ2) is 7.12. The fraction of sp³-hybridized carbons (Fsp3) is 0.900. The highest BCUT2D eigenvalue weighted by molar-refractivity contribution is 7.99. The topological polar surface area (TPSA) is 29.5 Å². The molecule has 1 saturated heterocycles. The van der Waals surface area contributed by atoms with Crippen molar-refractivity contribution in [3.8, 4) is 0 Å². The third-order valence-electron chi connectivity index (χ3n) is 2.25. The minimum atomic E-state index is -0.0654. The third kappa shape index (κ3) is 4.86. The van der Waals surface area contributed by atoms with Crippen LogP contribution in [0.1, 0.15) is 19.8 Å². The van der Waals surface area contributed by atoms with Crippen molar-refractivity contribution in [2.24, 2.45) is 0 Å². The summed E-state index contributed by atoms with van der Waals surface area (Å²) in [6.45, 7) is 5.45. The van der Waals surface area contributed by atoms with Crippen molar-refractivity contribution in [2.45, 2.75) is 19.8 Å². The average Bonchev–Trinajstić information content (AvgIpc) is 2.43. The minimum absolute atomic E-state index is 0.0654. The number of rotatable bonds is 4. The van der Waals surface area contributed by atoms with Crippen LogP contribution < -0.4 is 0 Å². The summed E-state index contributed by atoms with van der Waals surface area (Å²) < 4.78 is 4.89. The Hall–Kier alpha value is -0.220. The highest BCUT2D eigenvalue weighted by atomic mass is 32.2. The molecule has 1 fully saturated rings. The highest BCUT2D eigenvalue weighted by Gasteiger charge is 2.10. The van der Waals surface area contributed by atoms with Gasteiger partial charge in [-0.3, -0.25) is 4.79 Å². The van der Waals surface area contributed by atoms with E-state index >= 15 is 0 Å². The summed E-state index contributed by atoms with van der Waals surface area (Å²) in [7, 11) is 0. The Labute approximate surface area is 90.2 Å². The molecular weight excluding hydrogens is 198 g/mol. The molecule has 0 unspecified atom stereocenters. The van der Waals surface area contributed by atoms with E-state index in [-0.39, 0.29) is 5.97 Å². The molecule has 1 heterocycles. The van der Waals surface area contributed by atoms with E-state index in [4.69, 9.17) is 4.74 Å². The molecule has 0 N–H and O–H groups in total. The van der Waals surface area contributed by atoms with Gasteiger partial charge in [-0.25, -0.2) is 0 Å². The number of ether oxygens (including phenoxy) is 1. The van der Waals surface area contributed by atoms with Crippen LogP contribution in [0.4, 0.5) is 0 Å². The standard InChI is InChI=1S/C10H19NO2S/c1-2-13-10(12)4-6-11-5-3-8-14-9-7-11/h2-9H2,1H3. The molecule has 1 rings (SSSR count). The molecule has 0 saturated carbocycles. The second-order valence-corrected chi connectivity index (χ2v) is 4.59. The maximum Gasteiger partial charge on any atom is 0.307 e. The maximum absolute atomic E-state index is 11.1. The van der Waals surface area contributed by atoms with Crippen molar-refractivity contribution in [3.63, 3.8) is 0 Å². The van der Waals surface area contributed by atoms with Crippen molar-refractivity contribution in [1.29, 1.82) is 0 Å². The lowest BCUT2D eigenvalue weighted by atomic mass is 10.3. The summed E-state index contributed by atoms with van der Waals surface area (Å²) in [5.74, 6) is 2.39. The van der Waals surface area contributed by atoms with Gasteiger partial charge in [0, 0.05) is 18.8 Å². The van der Waals surface area contributed by atoms with E-state index in [1.807, 2.05) is 18.7 Å². The summed E-state index contributed by atoms with van der Waals surface area (Å²) >= 11 is 2.01. The SMILES string of the molecule is CCOC(=O)CCN1CCCSCC1. The van der Waals surface area contributed by atoms with Gasteiger partial charge in [0.05, 0.1) is 13.0 Å². The van der Waals surface area contributed by atoms with Crippen molar-refractivity contribution < 1.29 is 9.53 Å². The van der Waals surface area contributed by atoms with E-state index in [1.54, 1.807) is 0 Å². The molecule has 4 heteroatoms. The first-order chi connectivity index (χ1) is 6.83. The molecule has 0 spiro atoms. The van der Waals surface area contributed by atoms with E-state index in [0.29, 0.717) is 13.0 Å². The molecule has 0 atom stereocenters. The minimum Gasteiger partial charge on any atom is -0.466 e. The highest BCUT2D eigenvalue weighted by Crippen LogP contribution is 2.10. The molecule has 0 aliphatic carbocycles. The first-order valence-electron chi connectivity index (χ1n) is 5.28. The van der Waals surface area contributed by atoms with Crippen LogP contribution in [-0.4, -0.2) is 48.6 Å². The lowest BCUT2D eigenvalue weighted by molar-refractivity contribution is -0.143. The normalized spacial score (nSPS) is 18.9. The van der Waals surface area contributed by atoms with Crippen LogP contribution >= 0.6 is 11.8 Å². The van der Waals surface area contributed by atoms with Gasteiger partial charge in [0.2, 0.25) is 0 Å². The summed E-state index contributed by atoms with van der Waals surface area (Å²) in [6.07, 6.45) is 1.78. The molecule has 0 amide bonds. The lowest BCUT2D eigenvalue weighted by Gasteiger charge is -2.18. The van der Waals surface area contributed by atoms with Gasteiger partial charge in [-0.05, 0) is 25.6 Å². The van der Waals surface area contributed by atoms with E-state index in [0.717, 1.165) is 19.6 Å². The van der Waals surface area contributed by atoms with E-state index in [2.05, 4.69) is 4.90 Å². The lowest BCUT2D eigenvalue weighted by Crippen LogP contribution is -2.28. The number of hydrogen-bond donors (Lipinski definition) is 0.